The van der Waals surface area contributed by atoms with Gasteiger partial charge in [-0.1, -0.05) is 27.2 Å². The van der Waals surface area contributed by atoms with E-state index < -0.39 is 0 Å². The molecule has 0 N–H and O–H groups in total. The summed E-state index contributed by atoms with van der Waals surface area (Å²) in [5.74, 6) is 0. The van der Waals surface area contributed by atoms with E-state index in [1.807, 2.05) is 0 Å². The monoisotopic (exact) mass is 225 g/mol. The summed E-state index contributed by atoms with van der Waals surface area (Å²) in [7, 11) is 0. The molecule has 16 heavy (non-hydrogen) atoms. The number of hydrogen-bond donors (Lipinski definition) is 0. The van der Waals surface area contributed by atoms with Gasteiger partial charge in [0.25, 0.3) is 0 Å². The number of likely N-dealkylation sites (tertiary alicyclic amines) is 1. The van der Waals surface area contributed by atoms with Crippen molar-refractivity contribution < 1.29 is 4.74 Å². The van der Waals surface area contributed by atoms with Gasteiger partial charge in [-0.05, 0) is 37.6 Å². The molecule has 2 heteroatoms. The third-order valence-electron chi connectivity index (χ3n) is 4.20. The summed E-state index contributed by atoms with van der Waals surface area (Å²) in [5, 5.41) is 0. The molecule has 1 atom stereocenters. The minimum Gasteiger partial charge on any atom is -0.381 e. The first kappa shape index (κ1) is 12.4. The number of ether oxygens (including phenoxy) is 1. The third kappa shape index (κ3) is 2.78. The minimum absolute atomic E-state index is 0.429. The zero-order valence-electron chi connectivity index (χ0n) is 11.2. The van der Waals surface area contributed by atoms with Gasteiger partial charge in [-0.3, -0.25) is 4.90 Å². The number of piperidine rings is 1. The van der Waals surface area contributed by atoms with Crippen LogP contribution < -0.4 is 0 Å². The van der Waals surface area contributed by atoms with Gasteiger partial charge in [-0.2, -0.15) is 0 Å². The van der Waals surface area contributed by atoms with Crippen molar-refractivity contribution in [2.45, 2.75) is 65.0 Å². The molecule has 0 aliphatic carbocycles. The molecular weight excluding hydrogens is 198 g/mol. The van der Waals surface area contributed by atoms with Crippen LogP contribution in [0.5, 0.6) is 0 Å². The van der Waals surface area contributed by atoms with E-state index >= 15 is 0 Å². The molecule has 0 saturated carbocycles. The molecule has 0 spiro atoms. The van der Waals surface area contributed by atoms with Gasteiger partial charge in [0.15, 0.2) is 0 Å². The lowest BCUT2D eigenvalue weighted by molar-refractivity contribution is -0.0245. The van der Waals surface area contributed by atoms with E-state index in [0.29, 0.717) is 5.41 Å². The number of rotatable bonds is 1. The van der Waals surface area contributed by atoms with Gasteiger partial charge in [-0.15, -0.1) is 0 Å². The SMILES string of the molecule is CC(C)(C)C1CCCCN1C1CCOCC1. The highest BCUT2D eigenvalue weighted by molar-refractivity contribution is 4.90. The lowest BCUT2D eigenvalue weighted by atomic mass is 9.79. The van der Waals surface area contributed by atoms with Crippen molar-refractivity contribution in [3.63, 3.8) is 0 Å². The zero-order chi connectivity index (χ0) is 11.6. The molecule has 2 aliphatic rings. The van der Waals surface area contributed by atoms with Gasteiger partial charge in [0.2, 0.25) is 0 Å². The molecule has 2 aliphatic heterocycles. The summed E-state index contributed by atoms with van der Waals surface area (Å²) >= 11 is 0. The van der Waals surface area contributed by atoms with E-state index in [-0.39, 0.29) is 0 Å². The van der Waals surface area contributed by atoms with Crippen LogP contribution in [0.4, 0.5) is 0 Å². The Balaban J connectivity index is 2.03. The normalized spacial score (nSPS) is 30.6. The van der Waals surface area contributed by atoms with Gasteiger partial charge in [0.05, 0.1) is 0 Å². The van der Waals surface area contributed by atoms with Gasteiger partial charge in [-0.25, -0.2) is 0 Å². The fourth-order valence-electron chi connectivity index (χ4n) is 3.34. The molecule has 1 unspecified atom stereocenters. The Labute approximate surface area is 100 Å². The van der Waals surface area contributed by atoms with Crippen molar-refractivity contribution in [2.75, 3.05) is 19.8 Å². The van der Waals surface area contributed by atoms with Crippen LogP contribution in [0, 0.1) is 5.41 Å². The van der Waals surface area contributed by atoms with Gasteiger partial charge < -0.3 is 4.74 Å². The Morgan fingerprint density at radius 1 is 1.00 bits per heavy atom. The Morgan fingerprint density at radius 3 is 2.31 bits per heavy atom. The van der Waals surface area contributed by atoms with Crippen molar-refractivity contribution in [1.82, 2.24) is 4.90 Å². The van der Waals surface area contributed by atoms with Crippen LogP contribution in [0.2, 0.25) is 0 Å². The van der Waals surface area contributed by atoms with Crippen LogP contribution in [0.3, 0.4) is 0 Å². The maximum Gasteiger partial charge on any atom is 0.0480 e. The molecule has 94 valence electrons. The minimum atomic E-state index is 0.429. The first-order valence-electron chi connectivity index (χ1n) is 6.92. The molecular formula is C14H27NO. The highest BCUT2D eigenvalue weighted by Crippen LogP contribution is 2.34. The first-order valence-corrected chi connectivity index (χ1v) is 6.92. The highest BCUT2D eigenvalue weighted by Gasteiger charge is 2.36. The molecule has 2 nitrogen and oxygen atoms in total. The largest absolute Gasteiger partial charge is 0.381 e. The molecule has 2 rings (SSSR count). The lowest BCUT2D eigenvalue weighted by Gasteiger charge is -2.48. The molecule has 0 aromatic carbocycles. The highest BCUT2D eigenvalue weighted by atomic mass is 16.5. The molecule has 0 amide bonds. The smallest absolute Gasteiger partial charge is 0.0480 e. The second-order valence-electron chi connectivity index (χ2n) is 6.46. The van der Waals surface area contributed by atoms with Gasteiger partial charge in [0, 0.05) is 25.3 Å². The van der Waals surface area contributed by atoms with E-state index in [2.05, 4.69) is 25.7 Å². The summed E-state index contributed by atoms with van der Waals surface area (Å²) in [6.45, 7) is 10.4. The van der Waals surface area contributed by atoms with Crippen LogP contribution in [0.1, 0.15) is 52.9 Å². The number of hydrogen-bond acceptors (Lipinski definition) is 2. The summed E-state index contributed by atoms with van der Waals surface area (Å²) in [6.07, 6.45) is 6.69. The van der Waals surface area contributed by atoms with Crippen LogP contribution >= 0.6 is 0 Å². The maximum atomic E-state index is 5.48. The Kier molecular flexibility index (Phi) is 3.91. The predicted octanol–water partition coefficient (Wildman–Crippen LogP) is 3.07. The van der Waals surface area contributed by atoms with Crippen LogP contribution in [-0.2, 0) is 4.74 Å². The molecule has 0 aromatic heterocycles. The fraction of sp³-hybridized carbons (Fsp3) is 1.00. The standard InChI is InChI=1S/C14H27NO/c1-14(2,3)13-6-4-5-9-15(13)12-7-10-16-11-8-12/h12-13H,4-11H2,1-3H3. The summed E-state index contributed by atoms with van der Waals surface area (Å²) in [4.78, 5) is 2.80. The Morgan fingerprint density at radius 2 is 1.69 bits per heavy atom. The predicted molar refractivity (Wildman–Crippen MR) is 67.6 cm³/mol. The summed E-state index contributed by atoms with van der Waals surface area (Å²) < 4.78 is 5.48. The van der Waals surface area contributed by atoms with E-state index in [0.717, 1.165) is 25.3 Å². The van der Waals surface area contributed by atoms with Crippen molar-refractivity contribution in [3.8, 4) is 0 Å². The van der Waals surface area contributed by atoms with Crippen molar-refractivity contribution in [1.29, 1.82) is 0 Å². The lowest BCUT2D eigenvalue weighted by Crippen LogP contribution is -2.53. The van der Waals surface area contributed by atoms with E-state index in [9.17, 15) is 0 Å². The second kappa shape index (κ2) is 5.05. The molecule has 0 bridgehead atoms. The van der Waals surface area contributed by atoms with Gasteiger partial charge >= 0.3 is 0 Å². The van der Waals surface area contributed by atoms with Gasteiger partial charge in [0.1, 0.15) is 0 Å². The van der Waals surface area contributed by atoms with E-state index in [1.165, 1.54) is 38.6 Å². The molecule has 2 fully saturated rings. The fourth-order valence-corrected chi connectivity index (χ4v) is 3.34. The Hall–Kier alpha value is -0.0800. The average Bonchev–Trinajstić information content (AvgIpc) is 2.29. The van der Waals surface area contributed by atoms with E-state index in [1.54, 1.807) is 0 Å². The topological polar surface area (TPSA) is 12.5 Å². The van der Waals surface area contributed by atoms with Crippen LogP contribution in [0.15, 0.2) is 0 Å². The quantitative estimate of drug-likeness (QED) is 0.680. The maximum absolute atomic E-state index is 5.48. The third-order valence-corrected chi connectivity index (χ3v) is 4.20. The second-order valence-corrected chi connectivity index (χ2v) is 6.46. The van der Waals surface area contributed by atoms with E-state index in [4.69, 9.17) is 4.74 Å². The summed E-state index contributed by atoms with van der Waals surface area (Å²) in [6, 6.07) is 1.57. The van der Waals surface area contributed by atoms with Crippen LogP contribution in [-0.4, -0.2) is 36.7 Å². The van der Waals surface area contributed by atoms with Crippen molar-refractivity contribution >= 4 is 0 Å². The average molecular weight is 225 g/mol. The molecule has 2 saturated heterocycles. The molecule has 0 aromatic rings. The zero-order valence-corrected chi connectivity index (χ0v) is 11.2. The Bertz CT molecular complexity index is 215. The van der Waals surface area contributed by atoms with Crippen molar-refractivity contribution in [2.24, 2.45) is 5.41 Å². The number of nitrogens with zero attached hydrogens (tertiary/aromatic N) is 1. The first-order chi connectivity index (χ1) is 7.59. The summed E-state index contributed by atoms with van der Waals surface area (Å²) in [5.41, 5.74) is 0.429. The molecule has 0 radical (unpaired) electrons. The van der Waals surface area contributed by atoms with Crippen molar-refractivity contribution in [3.05, 3.63) is 0 Å². The molecule has 2 heterocycles. The van der Waals surface area contributed by atoms with Crippen LogP contribution in [0.25, 0.3) is 0 Å².